The highest BCUT2D eigenvalue weighted by Crippen LogP contribution is 2.47. The summed E-state index contributed by atoms with van der Waals surface area (Å²) in [7, 11) is 0. The minimum atomic E-state index is 0.118. The molecule has 0 unspecified atom stereocenters. The number of urea groups is 1. The quantitative estimate of drug-likeness (QED) is 0.656. The Kier molecular flexibility index (Phi) is 1.97. The van der Waals surface area contributed by atoms with Crippen molar-refractivity contribution in [2.75, 3.05) is 13.1 Å². The molecule has 3 heteroatoms. The Morgan fingerprint density at radius 1 is 1.38 bits per heavy atom. The van der Waals surface area contributed by atoms with Gasteiger partial charge < -0.3 is 10.2 Å². The molecule has 0 aromatic carbocycles. The Balaban J connectivity index is 1.76. The van der Waals surface area contributed by atoms with E-state index in [9.17, 15) is 4.79 Å². The SMILES string of the molecule is CC(C)NC(=O)N1CC2(CCC2)C1. The lowest BCUT2D eigenvalue weighted by molar-refractivity contribution is -0.0327. The fourth-order valence-corrected chi connectivity index (χ4v) is 2.24. The Morgan fingerprint density at radius 3 is 2.38 bits per heavy atom. The van der Waals surface area contributed by atoms with E-state index in [0.717, 1.165) is 13.1 Å². The number of likely N-dealkylation sites (tertiary alicyclic amines) is 1. The van der Waals surface area contributed by atoms with Gasteiger partial charge in [0.1, 0.15) is 0 Å². The molecule has 13 heavy (non-hydrogen) atoms. The van der Waals surface area contributed by atoms with Crippen LogP contribution in [0.5, 0.6) is 0 Å². The Labute approximate surface area is 79.5 Å². The minimum Gasteiger partial charge on any atom is -0.336 e. The lowest BCUT2D eigenvalue weighted by atomic mass is 9.64. The summed E-state index contributed by atoms with van der Waals surface area (Å²) >= 11 is 0. The molecule has 0 aromatic rings. The number of amides is 2. The maximum atomic E-state index is 11.5. The van der Waals surface area contributed by atoms with Crippen LogP contribution in [0.4, 0.5) is 4.79 Å². The zero-order valence-electron chi connectivity index (χ0n) is 8.47. The highest BCUT2D eigenvalue weighted by atomic mass is 16.2. The summed E-state index contributed by atoms with van der Waals surface area (Å²) in [5.74, 6) is 0. The molecule has 1 aliphatic carbocycles. The van der Waals surface area contributed by atoms with E-state index in [4.69, 9.17) is 0 Å². The second kappa shape index (κ2) is 2.89. The molecule has 3 nitrogen and oxygen atoms in total. The first-order chi connectivity index (χ1) is 6.11. The van der Waals surface area contributed by atoms with Crippen LogP contribution in [0.15, 0.2) is 0 Å². The molecule has 2 amide bonds. The smallest absolute Gasteiger partial charge is 0.317 e. The van der Waals surface area contributed by atoms with Gasteiger partial charge in [0, 0.05) is 24.5 Å². The van der Waals surface area contributed by atoms with E-state index in [1.807, 2.05) is 18.7 Å². The lowest BCUT2D eigenvalue weighted by Gasteiger charge is -2.55. The number of rotatable bonds is 1. The van der Waals surface area contributed by atoms with E-state index in [1.54, 1.807) is 0 Å². The molecular formula is C10H18N2O. The van der Waals surface area contributed by atoms with Gasteiger partial charge in [0.25, 0.3) is 0 Å². The summed E-state index contributed by atoms with van der Waals surface area (Å²) < 4.78 is 0. The molecule has 0 aromatic heterocycles. The second-order valence-electron chi connectivity index (χ2n) is 4.81. The summed E-state index contributed by atoms with van der Waals surface area (Å²) in [5.41, 5.74) is 0.550. The van der Waals surface area contributed by atoms with Crippen molar-refractivity contribution < 1.29 is 4.79 Å². The summed E-state index contributed by atoms with van der Waals surface area (Å²) in [5, 5.41) is 2.92. The second-order valence-corrected chi connectivity index (χ2v) is 4.81. The predicted molar refractivity (Wildman–Crippen MR) is 51.5 cm³/mol. The summed E-state index contributed by atoms with van der Waals surface area (Å²) in [6.07, 6.45) is 4.02. The van der Waals surface area contributed by atoms with Gasteiger partial charge in [0.2, 0.25) is 0 Å². The van der Waals surface area contributed by atoms with Crippen LogP contribution in [0.1, 0.15) is 33.1 Å². The average Bonchev–Trinajstić information content (AvgIpc) is 1.77. The summed E-state index contributed by atoms with van der Waals surface area (Å²) in [6.45, 7) is 5.98. The van der Waals surface area contributed by atoms with Crippen LogP contribution in [-0.4, -0.2) is 30.1 Å². The predicted octanol–water partition coefficient (Wildman–Crippen LogP) is 1.59. The van der Waals surface area contributed by atoms with E-state index in [-0.39, 0.29) is 12.1 Å². The normalized spacial score (nSPS) is 24.1. The van der Waals surface area contributed by atoms with Gasteiger partial charge in [-0.3, -0.25) is 0 Å². The van der Waals surface area contributed by atoms with Crippen LogP contribution in [0.2, 0.25) is 0 Å². The summed E-state index contributed by atoms with van der Waals surface area (Å²) in [6, 6.07) is 0.373. The zero-order chi connectivity index (χ0) is 9.47. The maximum Gasteiger partial charge on any atom is 0.317 e. The molecule has 1 heterocycles. The molecule has 1 aliphatic heterocycles. The van der Waals surface area contributed by atoms with Gasteiger partial charge in [-0.1, -0.05) is 6.42 Å². The Morgan fingerprint density at radius 2 is 2.00 bits per heavy atom. The van der Waals surface area contributed by atoms with E-state index in [2.05, 4.69) is 5.32 Å². The number of hydrogen-bond acceptors (Lipinski definition) is 1. The van der Waals surface area contributed by atoms with Crippen molar-refractivity contribution in [2.45, 2.75) is 39.2 Å². The van der Waals surface area contributed by atoms with Crippen molar-refractivity contribution in [3.8, 4) is 0 Å². The molecular weight excluding hydrogens is 164 g/mol. The molecule has 74 valence electrons. The third-order valence-electron chi connectivity index (χ3n) is 3.17. The van der Waals surface area contributed by atoms with Crippen molar-refractivity contribution >= 4 is 6.03 Å². The number of carbonyl (C=O) groups is 1. The van der Waals surface area contributed by atoms with Crippen molar-refractivity contribution in [3.63, 3.8) is 0 Å². The fraction of sp³-hybridized carbons (Fsp3) is 0.900. The first kappa shape index (κ1) is 8.85. The molecule has 1 spiro atoms. The summed E-state index contributed by atoms with van der Waals surface area (Å²) in [4.78, 5) is 13.4. The van der Waals surface area contributed by atoms with Gasteiger partial charge >= 0.3 is 6.03 Å². The van der Waals surface area contributed by atoms with Crippen molar-refractivity contribution in [1.82, 2.24) is 10.2 Å². The third-order valence-corrected chi connectivity index (χ3v) is 3.17. The van der Waals surface area contributed by atoms with E-state index in [1.165, 1.54) is 19.3 Å². The molecule has 0 bridgehead atoms. The van der Waals surface area contributed by atoms with E-state index in [0.29, 0.717) is 5.41 Å². The van der Waals surface area contributed by atoms with Crippen LogP contribution in [0, 0.1) is 5.41 Å². The third kappa shape index (κ3) is 1.52. The van der Waals surface area contributed by atoms with Gasteiger partial charge in [0.15, 0.2) is 0 Å². The Bertz CT molecular complexity index is 213. The molecule has 1 saturated carbocycles. The van der Waals surface area contributed by atoms with Gasteiger partial charge in [0.05, 0.1) is 0 Å². The van der Waals surface area contributed by atoms with Crippen LogP contribution < -0.4 is 5.32 Å². The number of carbonyl (C=O) groups excluding carboxylic acids is 1. The fourth-order valence-electron chi connectivity index (χ4n) is 2.24. The van der Waals surface area contributed by atoms with E-state index >= 15 is 0 Å². The largest absolute Gasteiger partial charge is 0.336 e. The standard InChI is InChI=1S/C10H18N2O/c1-8(2)11-9(13)12-6-10(7-12)4-3-5-10/h8H,3-7H2,1-2H3,(H,11,13). The van der Waals surface area contributed by atoms with Crippen molar-refractivity contribution in [3.05, 3.63) is 0 Å². The first-order valence-electron chi connectivity index (χ1n) is 5.17. The van der Waals surface area contributed by atoms with Crippen LogP contribution in [-0.2, 0) is 0 Å². The van der Waals surface area contributed by atoms with Gasteiger partial charge in [-0.25, -0.2) is 4.79 Å². The molecule has 2 rings (SSSR count). The zero-order valence-corrected chi connectivity index (χ0v) is 8.47. The molecule has 1 saturated heterocycles. The molecule has 2 fully saturated rings. The first-order valence-corrected chi connectivity index (χ1v) is 5.17. The average molecular weight is 182 g/mol. The van der Waals surface area contributed by atoms with Crippen LogP contribution in [0.3, 0.4) is 0 Å². The number of nitrogens with one attached hydrogen (secondary N) is 1. The molecule has 1 N–H and O–H groups in total. The monoisotopic (exact) mass is 182 g/mol. The number of nitrogens with zero attached hydrogens (tertiary/aromatic N) is 1. The van der Waals surface area contributed by atoms with Crippen LogP contribution in [0.25, 0.3) is 0 Å². The maximum absolute atomic E-state index is 11.5. The topological polar surface area (TPSA) is 32.3 Å². The minimum absolute atomic E-state index is 0.118. The molecule has 2 aliphatic rings. The van der Waals surface area contributed by atoms with Gasteiger partial charge in [-0.15, -0.1) is 0 Å². The highest BCUT2D eigenvalue weighted by molar-refractivity contribution is 5.75. The van der Waals surface area contributed by atoms with Gasteiger partial charge in [-0.05, 0) is 26.7 Å². The van der Waals surface area contributed by atoms with Crippen molar-refractivity contribution in [1.29, 1.82) is 0 Å². The lowest BCUT2D eigenvalue weighted by Crippen LogP contribution is -2.63. The molecule has 0 atom stereocenters. The van der Waals surface area contributed by atoms with Crippen LogP contribution >= 0.6 is 0 Å². The number of hydrogen-bond donors (Lipinski definition) is 1. The van der Waals surface area contributed by atoms with Gasteiger partial charge in [-0.2, -0.15) is 0 Å². The molecule has 0 radical (unpaired) electrons. The Hall–Kier alpha value is -0.730. The highest BCUT2D eigenvalue weighted by Gasteiger charge is 2.48. The van der Waals surface area contributed by atoms with Crippen molar-refractivity contribution in [2.24, 2.45) is 5.41 Å². The van der Waals surface area contributed by atoms with E-state index < -0.39 is 0 Å².